The number of ether oxygens (including phenoxy) is 1. The number of aromatic nitrogens is 4. The average molecular weight is 299 g/mol. The predicted molar refractivity (Wildman–Crippen MR) is 66.9 cm³/mol. The lowest BCUT2D eigenvalue weighted by atomic mass is 10.1. The van der Waals surface area contributed by atoms with Crippen molar-refractivity contribution in [3.8, 4) is 0 Å². The van der Waals surface area contributed by atoms with Crippen LogP contribution >= 0.6 is 0 Å². The van der Waals surface area contributed by atoms with E-state index >= 15 is 0 Å². The fraction of sp³-hybridized carbons (Fsp3) is 0.500. The summed E-state index contributed by atoms with van der Waals surface area (Å²) in [5, 5.41) is 28.4. The van der Waals surface area contributed by atoms with Gasteiger partial charge in [-0.25, -0.2) is 4.98 Å². The Morgan fingerprint density at radius 2 is 2.24 bits per heavy atom. The minimum absolute atomic E-state index is 0.0260. The topological polar surface area (TPSA) is 169 Å². The highest BCUT2D eigenvalue weighted by Crippen LogP contribution is 2.21. The largest absolute Gasteiger partial charge is 0.394 e. The van der Waals surface area contributed by atoms with Crippen molar-refractivity contribution in [1.82, 2.24) is 19.7 Å². The first-order valence-corrected chi connectivity index (χ1v) is 6.03. The quantitative estimate of drug-likeness (QED) is 0.387. The molecular weight excluding hydrogens is 286 g/mol. The molecule has 0 aromatic carbocycles. The molecule has 2 aromatic rings. The van der Waals surface area contributed by atoms with Crippen LogP contribution in [0.2, 0.25) is 0 Å². The molecule has 0 bridgehead atoms. The molecule has 0 amide bonds. The predicted octanol–water partition coefficient (Wildman–Crippen LogP) is -3.43. The Morgan fingerprint density at radius 1 is 1.48 bits per heavy atom. The van der Waals surface area contributed by atoms with E-state index in [0.29, 0.717) is 0 Å². The third kappa shape index (κ3) is 2.21. The summed E-state index contributed by atoms with van der Waals surface area (Å²) in [6.45, 7) is -0.485. The second-order valence-corrected chi connectivity index (χ2v) is 4.51. The van der Waals surface area contributed by atoms with Crippen LogP contribution in [0, 0.1) is 0 Å². The van der Waals surface area contributed by atoms with Gasteiger partial charge in [0.2, 0.25) is 5.95 Å². The summed E-state index contributed by atoms with van der Waals surface area (Å²) in [5.41, 5.74) is 4.84. The number of nitrogens with one attached hydrogen (secondary N) is 1. The maximum absolute atomic E-state index is 11.8. The third-order valence-corrected chi connectivity index (χ3v) is 3.12. The summed E-state index contributed by atoms with van der Waals surface area (Å²) in [6, 6.07) is 0. The summed E-state index contributed by atoms with van der Waals surface area (Å²) in [7, 11) is 0. The molecule has 11 nitrogen and oxygen atoms in total. The van der Waals surface area contributed by atoms with Crippen molar-refractivity contribution in [2.75, 3.05) is 12.3 Å². The number of nitrogens with two attached hydrogens (primary N) is 1. The Kier molecular flexibility index (Phi) is 3.25. The summed E-state index contributed by atoms with van der Waals surface area (Å²) < 4.78 is 6.10. The monoisotopic (exact) mass is 299 g/mol. The Hall–Kier alpha value is -2.21. The van der Waals surface area contributed by atoms with Gasteiger partial charge in [-0.2, -0.15) is 9.71 Å². The molecule has 11 heteroatoms. The van der Waals surface area contributed by atoms with Crippen molar-refractivity contribution in [2.24, 2.45) is 0 Å². The van der Waals surface area contributed by atoms with Crippen molar-refractivity contribution < 1.29 is 24.9 Å². The van der Waals surface area contributed by atoms with Crippen molar-refractivity contribution >= 4 is 17.1 Å². The number of imidazole rings is 1. The number of nitrogens with zero attached hydrogens (tertiary/aromatic N) is 3. The second kappa shape index (κ2) is 4.96. The maximum atomic E-state index is 11.8. The molecule has 0 radical (unpaired) electrons. The highest BCUT2D eigenvalue weighted by molar-refractivity contribution is 5.70. The molecule has 0 saturated carbocycles. The maximum Gasteiger partial charge on any atom is 0.282 e. The van der Waals surface area contributed by atoms with Crippen LogP contribution in [0.3, 0.4) is 0 Å². The molecule has 0 spiro atoms. The molecule has 1 unspecified atom stereocenters. The smallest absolute Gasteiger partial charge is 0.282 e. The van der Waals surface area contributed by atoms with Gasteiger partial charge in [0, 0.05) is 0 Å². The Labute approximate surface area is 116 Å². The van der Waals surface area contributed by atoms with Crippen molar-refractivity contribution in [1.29, 1.82) is 0 Å². The molecule has 1 aliphatic rings. The third-order valence-electron chi connectivity index (χ3n) is 3.12. The van der Waals surface area contributed by atoms with Crippen LogP contribution in [-0.4, -0.2) is 66.2 Å². The first-order valence-electron chi connectivity index (χ1n) is 6.03. The van der Waals surface area contributed by atoms with Crippen LogP contribution < -0.4 is 16.1 Å². The molecule has 3 rings (SSSR count). The minimum atomic E-state index is -1.39. The molecule has 3 heterocycles. The van der Waals surface area contributed by atoms with E-state index in [0.717, 1.165) is 11.1 Å². The van der Waals surface area contributed by atoms with E-state index in [2.05, 4.69) is 15.0 Å². The summed E-state index contributed by atoms with van der Waals surface area (Å²) in [5.74, 6) is -0.0920. The van der Waals surface area contributed by atoms with Gasteiger partial charge in [0.25, 0.3) is 11.8 Å². The highest BCUT2D eigenvalue weighted by Gasteiger charge is 2.44. The van der Waals surface area contributed by atoms with Gasteiger partial charge in [-0.3, -0.25) is 9.78 Å². The summed E-state index contributed by atoms with van der Waals surface area (Å²) in [4.78, 5) is 27.0. The number of aromatic amines is 1. The van der Waals surface area contributed by atoms with Crippen LogP contribution in [0.25, 0.3) is 11.2 Å². The van der Waals surface area contributed by atoms with Crippen molar-refractivity contribution in [2.45, 2.75) is 24.6 Å². The lowest BCUT2D eigenvalue weighted by Gasteiger charge is -2.16. The molecule has 6 N–H and O–H groups in total. The zero-order chi connectivity index (χ0) is 15.1. The van der Waals surface area contributed by atoms with Crippen LogP contribution in [0.5, 0.6) is 0 Å². The zero-order valence-electron chi connectivity index (χ0n) is 10.6. The van der Waals surface area contributed by atoms with Gasteiger partial charge in [-0.1, -0.05) is 0 Å². The number of rotatable bonds is 3. The van der Waals surface area contributed by atoms with Gasteiger partial charge < -0.3 is 30.6 Å². The van der Waals surface area contributed by atoms with Crippen molar-refractivity contribution in [3.63, 3.8) is 0 Å². The van der Waals surface area contributed by atoms with E-state index in [4.69, 9.17) is 20.4 Å². The molecule has 21 heavy (non-hydrogen) atoms. The number of hydrogen-bond acceptors (Lipinski definition) is 9. The van der Waals surface area contributed by atoms with E-state index < -0.39 is 36.8 Å². The lowest BCUT2D eigenvalue weighted by molar-refractivity contribution is -0.168. The first kappa shape index (κ1) is 13.8. The van der Waals surface area contributed by atoms with Gasteiger partial charge in [0.05, 0.1) is 6.61 Å². The number of H-pyrrole nitrogens is 1. The number of hydrogen-bond donors (Lipinski definition) is 5. The normalized spacial score (nSPS) is 29.1. The fourth-order valence-corrected chi connectivity index (χ4v) is 2.07. The molecule has 114 valence electrons. The molecule has 2 aromatic heterocycles. The Balaban J connectivity index is 1.91. The number of fused-ring (bicyclic) bond motifs is 1. The van der Waals surface area contributed by atoms with Crippen LogP contribution in [0.1, 0.15) is 0 Å². The van der Waals surface area contributed by atoms with Gasteiger partial charge in [-0.15, -0.1) is 0 Å². The standard InChI is InChI=1S/C10H13N5O6/c11-10-13-7-4(8(19)14-10)15(2-12-7)21-9-6(18)5(17)3(1-16)20-9/h2-3,5-6,9,16-18H,1H2,(H3,11,13,14,19)/t3-,5-,6-,9?/m1/s1. The molecule has 1 fully saturated rings. The number of aliphatic hydroxyl groups is 3. The molecule has 4 atom stereocenters. The van der Waals surface area contributed by atoms with E-state index in [1.807, 2.05) is 0 Å². The van der Waals surface area contributed by atoms with Crippen LogP contribution in [0.4, 0.5) is 5.95 Å². The zero-order valence-corrected chi connectivity index (χ0v) is 10.6. The van der Waals surface area contributed by atoms with E-state index in [-0.39, 0.29) is 17.1 Å². The molecule has 1 saturated heterocycles. The summed E-state index contributed by atoms with van der Waals surface area (Å²) >= 11 is 0. The number of anilines is 1. The Morgan fingerprint density at radius 3 is 2.90 bits per heavy atom. The number of nitrogen functional groups attached to an aromatic ring is 1. The SMILES string of the molecule is Nc1nc2ncn(OC3O[C@H](CO)[C@@H](O)[C@H]3O)c2c(=O)[nH]1. The lowest BCUT2D eigenvalue weighted by Crippen LogP contribution is -2.38. The van der Waals surface area contributed by atoms with Crippen LogP contribution in [-0.2, 0) is 4.74 Å². The summed E-state index contributed by atoms with van der Waals surface area (Å²) in [6.07, 6.45) is -3.79. The second-order valence-electron chi connectivity index (χ2n) is 4.51. The molecular formula is C10H13N5O6. The first-order chi connectivity index (χ1) is 10.0. The average Bonchev–Trinajstić information content (AvgIpc) is 2.95. The van der Waals surface area contributed by atoms with E-state index in [1.165, 1.54) is 0 Å². The van der Waals surface area contributed by atoms with Crippen molar-refractivity contribution in [3.05, 3.63) is 16.7 Å². The number of aliphatic hydroxyl groups excluding tert-OH is 3. The van der Waals surface area contributed by atoms with Gasteiger partial charge >= 0.3 is 0 Å². The van der Waals surface area contributed by atoms with Gasteiger partial charge in [0.15, 0.2) is 11.2 Å². The highest BCUT2D eigenvalue weighted by atomic mass is 16.8. The van der Waals surface area contributed by atoms with Crippen LogP contribution in [0.15, 0.2) is 11.1 Å². The van der Waals surface area contributed by atoms with E-state index in [9.17, 15) is 15.0 Å². The fourth-order valence-electron chi connectivity index (χ4n) is 2.07. The molecule has 0 aliphatic carbocycles. The molecule has 1 aliphatic heterocycles. The Bertz CT molecular complexity index is 714. The van der Waals surface area contributed by atoms with E-state index in [1.54, 1.807) is 0 Å². The minimum Gasteiger partial charge on any atom is -0.394 e. The van der Waals surface area contributed by atoms with Gasteiger partial charge in [0.1, 0.15) is 24.6 Å². The van der Waals surface area contributed by atoms with Gasteiger partial charge in [-0.05, 0) is 0 Å².